The molecule has 0 aliphatic rings. The number of para-hydroxylation sites is 1. The van der Waals surface area contributed by atoms with Gasteiger partial charge in [0.15, 0.2) is 0 Å². The lowest BCUT2D eigenvalue weighted by molar-refractivity contribution is 0.868. The normalized spacial score (nSPS) is 12.0. The first-order chi connectivity index (χ1) is 10.6. The van der Waals surface area contributed by atoms with E-state index in [9.17, 15) is 4.79 Å². The van der Waals surface area contributed by atoms with Gasteiger partial charge in [0.05, 0.1) is 5.52 Å². The van der Waals surface area contributed by atoms with Gasteiger partial charge in [-0.15, -0.1) is 0 Å². The Morgan fingerprint density at radius 2 is 1.77 bits per heavy atom. The lowest BCUT2D eigenvalue weighted by Gasteiger charge is -2.07. The summed E-state index contributed by atoms with van der Waals surface area (Å²) in [6, 6.07) is 14.5. The van der Waals surface area contributed by atoms with Crippen molar-refractivity contribution in [3.8, 4) is 0 Å². The van der Waals surface area contributed by atoms with E-state index in [-0.39, 0.29) is 5.56 Å². The van der Waals surface area contributed by atoms with Crippen LogP contribution < -0.4 is 5.56 Å². The van der Waals surface area contributed by atoms with E-state index in [4.69, 9.17) is 0 Å². The summed E-state index contributed by atoms with van der Waals surface area (Å²) in [4.78, 5) is 15.6. The van der Waals surface area contributed by atoms with Crippen LogP contribution in [0, 0.1) is 0 Å². The van der Waals surface area contributed by atoms with E-state index < -0.39 is 0 Å². The van der Waals surface area contributed by atoms with Crippen molar-refractivity contribution in [1.29, 1.82) is 0 Å². The number of nitrogens with zero attached hydrogens (tertiary/aromatic N) is 1. The van der Waals surface area contributed by atoms with Gasteiger partial charge in [0.2, 0.25) is 0 Å². The largest absolute Gasteiger partial charge is 0.330 e. The molecule has 0 saturated carbocycles. The molecule has 0 fully saturated rings. The lowest BCUT2D eigenvalue weighted by atomic mass is 9.98. The smallest absolute Gasteiger partial charge is 0.257 e. The summed E-state index contributed by atoms with van der Waals surface area (Å²) in [6.45, 7) is 4.29. The average molecular weight is 290 g/mol. The quantitative estimate of drug-likeness (QED) is 0.557. The van der Waals surface area contributed by atoms with E-state index in [1.54, 1.807) is 0 Å². The van der Waals surface area contributed by atoms with Crippen LogP contribution in [0.1, 0.15) is 25.3 Å². The summed E-state index contributed by atoms with van der Waals surface area (Å²) in [7, 11) is 1.99. The summed E-state index contributed by atoms with van der Waals surface area (Å²) < 4.78 is 2.06. The number of hydrogen-bond acceptors (Lipinski definition) is 1. The monoisotopic (exact) mass is 290 g/mol. The van der Waals surface area contributed by atoms with Crippen molar-refractivity contribution in [2.75, 3.05) is 0 Å². The zero-order chi connectivity index (χ0) is 15.4. The Bertz CT molecular complexity index is 1080. The molecule has 22 heavy (non-hydrogen) atoms. The number of fused-ring (bicyclic) bond motifs is 5. The topological polar surface area (TPSA) is 37.8 Å². The van der Waals surface area contributed by atoms with Gasteiger partial charge >= 0.3 is 0 Å². The molecule has 0 bridgehead atoms. The molecule has 2 aromatic heterocycles. The maximum absolute atomic E-state index is 12.5. The molecule has 4 rings (SSSR count). The van der Waals surface area contributed by atoms with Gasteiger partial charge < -0.3 is 9.55 Å². The summed E-state index contributed by atoms with van der Waals surface area (Å²) in [5.74, 6) is 0.409. The second kappa shape index (κ2) is 4.47. The molecular weight excluding hydrogens is 272 g/mol. The fourth-order valence-electron chi connectivity index (χ4n) is 3.31. The van der Waals surface area contributed by atoms with Crippen molar-refractivity contribution in [3.05, 3.63) is 58.4 Å². The molecule has 2 heterocycles. The molecular formula is C19H18N2O. The van der Waals surface area contributed by atoms with E-state index in [1.807, 2.05) is 25.2 Å². The molecule has 0 spiro atoms. The molecule has 0 saturated heterocycles. The Labute approximate surface area is 128 Å². The highest BCUT2D eigenvalue weighted by atomic mass is 16.1. The molecule has 2 aromatic carbocycles. The van der Waals surface area contributed by atoms with Gasteiger partial charge in [0, 0.05) is 23.2 Å². The second-order valence-electron chi connectivity index (χ2n) is 6.21. The molecule has 0 radical (unpaired) electrons. The summed E-state index contributed by atoms with van der Waals surface area (Å²) in [6.07, 6.45) is 0. The molecule has 4 aromatic rings. The number of aromatic nitrogens is 2. The van der Waals surface area contributed by atoms with Crippen molar-refractivity contribution in [2.24, 2.45) is 7.05 Å². The van der Waals surface area contributed by atoms with Crippen LogP contribution in [0.15, 0.2) is 47.3 Å². The van der Waals surface area contributed by atoms with Crippen molar-refractivity contribution in [2.45, 2.75) is 19.8 Å². The highest BCUT2D eigenvalue weighted by molar-refractivity contribution is 6.19. The Kier molecular flexibility index (Phi) is 2.67. The molecule has 0 amide bonds. The highest BCUT2D eigenvalue weighted by Gasteiger charge is 2.14. The van der Waals surface area contributed by atoms with Crippen molar-refractivity contribution < 1.29 is 0 Å². The van der Waals surface area contributed by atoms with Crippen LogP contribution in [0.4, 0.5) is 0 Å². The Morgan fingerprint density at radius 1 is 1.00 bits per heavy atom. The van der Waals surface area contributed by atoms with Crippen LogP contribution in [0.5, 0.6) is 0 Å². The first-order valence-corrected chi connectivity index (χ1v) is 7.61. The van der Waals surface area contributed by atoms with Gasteiger partial charge in [-0.1, -0.05) is 44.2 Å². The standard InChI is InChI=1S/C19H18N2O/c1-11(2)12-8-9-13-15(10-12)19(22)20-18-17(13)14-6-4-5-7-16(14)21(18)3/h4-11H,1-3H3,(H,20,22). The number of rotatable bonds is 1. The number of benzene rings is 2. The first kappa shape index (κ1) is 13.1. The number of hydrogen-bond donors (Lipinski definition) is 1. The fraction of sp³-hybridized carbons (Fsp3) is 0.211. The maximum Gasteiger partial charge on any atom is 0.257 e. The Hall–Kier alpha value is -2.55. The minimum absolute atomic E-state index is 0.0177. The van der Waals surface area contributed by atoms with Crippen LogP contribution in [-0.2, 0) is 7.05 Å². The van der Waals surface area contributed by atoms with E-state index >= 15 is 0 Å². The molecule has 0 aliphatic carbocycles. The third kappa shape index (κ3) is 1.65. The Morgan fingerprint density at radius 3 is 2.55 bits per heavy atom. The number of aromatic amines is 1. The van der Waals surface area contributed by atoms with Crippen LogP contribution in [0.3, 0.4) is 0 Å². The van der Waals surface area contributed by atoms with Gasteiger partial charge in [-0.3, -0.25) is 4.79 Å². The first-order valence-electron chi connectivity index (χ1n) is 7.61. The molecule has 0 atom stereocenters. The average Bonchev–Trinajstić information content (AvgIpc) is 2.80. The molecule has 0 unspecified atom stereocenters. The zero-order valence-electron chi connectivity index (χ0n) is 13.0. The van der Waals surface area contributed by atoms with Gasteiger partial charge in [-0.05, 0) is 29.0 Å². The lowest BCUT2D eigenvalue weighted by Crippen LogP contribution is -2.08. The number of pyridine rings is 1. The molecule has 3 nitrogen and oxygen atoms in total. The fourth-order valence-corrected chi connectivity index (χ4v) is 3.31. The van der Waals surface area contributed by atoms with Crippen LogP contribution in [0.2, 0.25) is 0 Å². The predicted molar refractivity (Wildman–Crippen MR) is 92.6 cm³/mol. The Balaban J connectivity index is 2.28. The summed E-state index contributed by atoms with van der Waals surface area (Å²) >= 11 is 0. The SMILES string of the molecule is CC(C)c1ccc2c(c1)c(=O)[nH]c1c2c2ccccc2n1C. The third-order valence-corrected chi connectivity index (χ3v) is 4.56. The highest BCUT2D eigenvalue weighted by Crippen LogP contribution is 2.32. The van der Waals surface area contributed by atoms with Crippen molar-refractivity contribution in [1.82, 2.24) is 9.55 Å². The molecule has 3 heteroatoms. The second-order valence-corrected chi connectivity index (χ2v) is 6.21. The van der Waals surface area contributed by atoms with Crippen LogP contribution in [-0.4, -0.2) is 9.55 Å². The summed E-state index contributed by atoms with van der Waals surface area (Å²) in [5, 5.41) is 4.11. The maximum atomic E-state index is 12.5. The van der Waals surface area contributed by atoms with Crippen molar-refractivity contribution in [3.63, 3.8) is 0 Å². The van der Waals surface area contributed by atoms with Gasteiger partial charge in [0.25, 0.3) is 5.56 Å². The van der Waals surface area contributed by atoms with Gasteiger partial charge in [-0.2, -0.15) is 0 Å². The van der Waals surface area contributed by atoms with Crippen molar-refractivity contribution >= 4 is 32.7 Å². The summed E-state index contributed by atoms with van der Waals surface area (Å²) in [5.41, 5.74) is 3.19. The van der Waals surface area contributed by atoms with E-state index in [2.05, 4.69) is 47.7 Å². The van der Waals surface area contributed by atoms with Crippen LogP contribution in [0.25, 0.3) is 32.7 Å². The predicted octanol–water partition coefficient (Wildman–Crippen LogP) is 4.30. The van der Waals surface area contributed by atoms with E-state index in [1.165, 1.54) is 10.9 Å². The molecule has 0 aliphatic heterocycles. The van der Waals surface area contributed by atoms with E-state index in [0.29, 0.717) is 5.92 Å². The minimum Gasteiger partial charge on any atom is -0.330 e. The minimum atomic E-state index is -0.0177. The van der Waals surface area contributed by atoms with Gasteiger partial charge in [-0.25, -0.2) is 0 Å². The third-order valence-electron chi connectivity index (χ3n) is 4.56. The number of H-pyrrole nitrogens is 1. The number of nitrogens with one attached hydrogen (secondary N) is 1. The zero-order valence-corrected chi connectivity index (χ0v) is 13.0. The van der Waals surface area contributed by atoms with Gasteiger partial charge in [0.1, 0.15) is 5.65 Å². The molecule has 1 N–H and O–H groups in total. The van der Waals surface area contributed by atoms with E-state index in [0.717, 1.165) is 27.3 Å². The molecule has 110 valence electrons. The number of aryl methyl sites for hydroxylation is 1. The van der Waals surface area contributed by atoms with Crippen LogP contribution >= 0.6 is 0 Å².